The molecule has 0 N–H and O–H groups in total. The summed E-state index contributed by atoms with van der Waals surface area (Å²) in [5.74, 6) is 1.09. The Morgan fingerprint density at radius 3 is 2.85 bits per heavy atom. The van der Waals surface area contributed by atoms with Crippen LogP contribution < -0.4 is 4.74 Å². The highest BCUT2D eigenvalue weighted by Gasteiger charge is 2.09. The first kappa shape index (κ1) is 14.8. The summed E-state index contributed by atoms with van der Waals surface area (Å²) in [5, 5.41) is 2.08. The average Bonchev–Trinajstić information content (AvgIpc) is 2.92. The van der Waals surface area contributed by atoms with Gasteiger partial charge >= 0.3 is 0 Å². The van der Waals surface area contributed by atoms with Crippen LogP contribution in [-0.4, -0.2) is 12.9 Å². The molecule has 0 saturated carbocycles. The molecule has 1 aromatic heterocycles. The number of carbonyl (C=O) groups is 1. The van der Waals surface area contributed by atoms with Crippen molar-refractivity contribution in [2.75, 3.05) is 7.11 Å². The second-order valence-corrected chi connectivity index (χ2v) is 6.00. The third-order valence-corrected chi connectivity index (χ3v) is 4.22. The minimum Gasteiger partial charge on any atom is -0.496 e. The van der Waals surface area contributed by atoms with E-state index in [1.165, 1.54) is 4.88 Å². The van der Waals surface area contributed by atoms with Gasteiger partial charge in [-0.3, -0.25) is 4.79 Å². The van der Waals surface area contributed by atoms with Crippen molar-refractivity contribution in [3.05, 3.63) is 51.7 Å². The summed E-state index contributed by atoms with van der Waals surface area (Å²) in [5.41, 5.74) is 2.15. The number of Topliss-reactive ketones (excluding diaryl/α,β-unsaturated/α-hetero) is 1. The summed E-state index contributed by atoms with van der Waals surface area (Å²) >= 11 is 1.76. The highest BCUT2D eigenvalue weighted by molar-refractivity contribution is 7.09. The van der Waals surface area contributed by atoms with Gasteiger partial charge in [0.25, 0.3) is 0 Å². The highest BCUT2D eigenvalue weighted by Crippen LogP contribution is 2.21. The van der Waals surface area contributed by atoms with E-state index in [1.807, 2.05) is 25.1 Å². The Bertz CT molecular complexity index is 558. The van der Waals surface area contributed by atoms with E-state index in [-0.39, 0.29) is 5.78 Å². The first-order valence-corrected chi connectivity index (χ1v) is 7.74. The van der Waals surface area contributed by atoms with Crippen molar-refractivity contribution in [1.82, 2.24) is 0 Å². The smallest absolute Gasteiger partial charge is 0.137 e. The number of aryl methyl sites for hydroxylation is 2. The molecule has 2 nitrogen and oxygen atoms in total. The van der Waals surface area contributed by atoms with Gasteiger partial charge in [-0.05, 0) is 37.3 Å². The molecular formula is C17H20O2S. The Kier molecular flexibility index (Phi) is 5.36. The number of ketones is 1. The predicted molar refractivity (Wildman–Crippen MR) is 83.7 cm³/mol. The average molecular weight is 288 g/mol. The molecule has 2 rings (SSSR count). The van der Waals surface area contributed by atoms with Crippen LogP contribution in [0.5, 0.6) is 5.75 Å². The lowest BCUT2D eigenvalue weighted by Crippen LogP contribution is -2.05. The van der Waals surface area contributed by atoms with Crippen molar-refractivity contribution in [2.24, 2.45) is 0 Å². The van der Waals surface area contributed by atoms with Crippen LogP contribution in [0.3, 0.4) is 0 Å². The van der Waals surface area contributed by atoms with Gasteiger partial charge in [0.1, 0.15) is 11.5 Å². The van der Waals surface area contributed by atoms with Crippen LogP contribution in [0, 0.1) is 6.92 Å². The lowest BCUT2D eigenvalue weighted by molar-refractivity contribution is -0.118. The van der Waals surface area contributed by atoms with E-state index in [9.17, 15) is 4.79 Å². The maximum absolute atomic E-state index is 12.1. The number of hydrogen-bond donors (Lipinski definition) is 0. The van der Waals surface area contributed by atoms with Gasteiger partial charge in [-0.1, -0.05) is 23.8 Å². The fraction of sp³-hybridized carbons (Fsp3) is 0.353. The summed E-state index contributed by atoms with van der Waals surface area (Å²) in [4.78, 5) is 13.4. The highest BCUT2D eigenvalue weighted by atomic mass is 32.1. The number of thiophene rings is 1. The quantitative estimate of drug-likeness (QED) is 0.763. The maximum Gasteiger partial charge on any atom is 0.137 e. The third-order valence-electron chi connectivity index (χ3n) is 3.28. The summed E-state index contributed by atoms with van der Waals surface area (Å²) in [7, 11) is 1.65. The van der Waals surface area contributed by atoms with Crippen LogP contribution in [0.1, 0.15) is 28.8 Å². The number of carbonyl (C=O) groups excluding carboxylic acids is 1. The van der Waals surface area contributed by atoms with Gasteiger partial charge in [0.05, 0.1) is 7.11 Å². The predicted octanol–water partition coefficient (Wildman–Crippen LogP) is 4.20. The van der Waals surface area contributed by atoms with Gasteiger partial charge in [-0.25, -0.2) is 0 Å². The van der Waals surface area contributed by atoms with Gasteiger partial charge in [0.15, 0.2) is 0 Å². The third kappa shape index (κ3) is 4.20. The largest absolute Gasteiger partial charge is 0.496 e. The molecule has 0 bridgehead atoms. The zero-order chi connectivity index (χ0) is 14.4. The van der Waals surface area contributed by atoms with E-state index >= 15 is 0 Å². The van der Waals surface area contributed by atoms with Crippen LogP contribution in [0.4, 0.5) is 0 Å². The normalized spacial score (nSPS) is 10.5. The molecule has 0 radical (unpaired) electrons. The van der Waals surface area contributed by atoms with Crippen LogP contribution in [-0.2, 0) is 17.6 Å². The first-order chi connectivity index (χ1) is 9.69. The summed E-state index contributed by atoms with van der Waals surface area (Å²) < 4.78 is 5.31. The van der Waals surface area contributed by atoms with Crippen LogP contribution >= 0.6 is 11.3 Å². The molecule has 0 amide bonds. The Labute approximate surface area is 124 Å². The van der Waals surface area contributed by atoms with Crippen LogP contribution in [0.15, 0.2) is 35.7 Å². The minimum atomic E-state index is 0.283. The van der Waals surface area contributed by atoms with E-state index < -0.39 is 0 Å². The lowest BCUT2D eigenvalue weighted by Gasteiger charge is -2.08. The van der Waals surface area contributed by atoms with E-state index in [1.54, 1.807) is 18.4 Å². The fourth-order valence-electron chi connectivity index (χ4n) is 2.26. The second-order valence-electron chi connectivity index (χ2n) is 4.96. The molecule has 0 saturated heterocycles. The fourth-order valence-corrected chi connectivity index (χ4v) is 3.01. The van der Waals surface area contributed by atoms with E-state index in [0.717, 1.165) is 29.7 Å². The lowest BCUT2D eigenvalue weighted by atomic mass is 10.0. The molecular weight excluding hydrogens is 268 g/mol. The van der Waals surface area contributed by atoms with Crippen molar-refractivity contribution in [1.29, 1.82) is 0 Å². The standard InChI is InChI=1S/C17H20O2S/c1-13-8-9-17(19-2)14(11-13)12-15(18)5-3-6-16-7-4-10-20-16/h4,7-11H,3,5-6,12H2,1-2H3. The zero-order valence-electron chi connectivity index (χ0n) is 12.0. The van der Waals surface area contributed by atoms with Gasteiger partial charge < -0.3 is 4.74 Å². The molecule has 1 heterocycles. The molecule has 0 spiro atoms. The van der Waals surface area contributed by atoms with Crippen LogP contribution in [0.2, 0.25) is 0 Å². The zero-order valence-corrected chi connectivity index (χ0v) is 12.8. The molecule has 1 aromatic carbocycles. The van der Waals surface area contributed by atoms with Crippen molar-refractivity contribution < 1.29 is 9.53 Å². The minimum absolute atomic E-state index is 0.283. The van der Waals surface area contributed by atoms with Gasteiger partial charge in [-0.15, -0.1) is 11.3 Å². The summed E-state index contributed by atoms with van der Waals surface area (Å²) in [6, 6.07) is 10.2. The monoisotopic (exact) mass is 288 g/mol. The topological polar surface area (TPSA) is 26.3 Å². The number of ether oxygens (including phenoxy) is 1. The molecule has 0 atom stereocenters. The van der Waals surface area contributed by atoms with E-state index in [4.69, 9.17) is 4.74 Å². The number of rotatable bonds is 7. The molecule has 106 valence electrons. The van der Waals surface area contributed by atoms with Crippen molar-refractivity contribution >= 4 is 17.1 Å². The summed E-state index contributed by atoms with van der Waals surface area (Å²) in [6.07, 6.45) is 3.02. The number of methoxy groups -OCH3 is 1. The SMILES string of the molecule is COc1ccc(C)cc1CC(=O)CCCc1cccs1. The molecule has 0 fully saturated rings. The Morgan fingerprint density at radius 2 is 2.15 bits per heavy atom. The molecule has 0 aliphatic carbocycles. The van der Waals surface area contributed by atoms with Crippen molar-refractivity contribution in [3.63, 3.8) is 0 Å². The Balaban J connectivity index is 1.86. The molecule has 3 heteroatoms. The van der Waals surface area contributed by atoms with Gasteiger partial charge in [0.2, 0.25) is 0 Å². The van der Waals surface area contributed by atoms with Gasteiger partial charge in [-0.2, -0.15) is 0 Å². The second kappa shape index (κ2) is 7.25. The number of hydrogen-bond acceptors (Lipinski definition) is 3. The molecule has 0 unspecified atom stereocenters. The van der Waals surface area contributed by atoms with Crippen molar-refractivity contribution in [2.45, 2.75) is 32.6 Å². The van der Waals surface area contributed by atoms with E-state index in [2.05, 4.69) is 17.5 Å². The Morgan fingerprint density at radius 1 is 1.30 bits per heavy atom. The van der Waals surface area contributed by atoms with E-state index in [0.29, 0.717) is 12.8 Å². The van der Waals surface area contributed by atoms with Gasteiger partial charge in [0, 0.05) is 23.3 Å². The Hall–Kier alpha value is -1.61. The molecule has 20 heavy (non-hydrogen) atoms. The molecule has 0 aliphatic heterocycles. The summed E-state index contributed by atoms with van der Waals surface area (Å²) in [6.45, 7) is 2.03. The molecule has 0 aliphatic rings. The number of benzene rings is 1. The van der Waals surface area contributed by atoms with Crippen LogP contribution in [0.25, 0.3) is 0 Å². The van der Waals surface area contributed by atoms with Crippen molar-refractivity contribution in [3.8, 4) is 5.75 Å². The molecule has 2 aromatic rings. The maximum atomic E-state index is 12.1. The first-order valence-electron chi connectivity index (χ1n) is 6.86.